The largest absolute Gasteiger partial charge is 0.390 e. The molecule has 7 fully saturated rings. The Morgan fingerprint density at radius 2 is 1.53 bits per heavy atom. The van der Waals surface area contributed by atoms with Gasteiger partial charge in [-0.2, -0.15) is 5.26 Å². The molecule has 176 valence electrons. The van der Waals surface area contributed by atoms with Crippen molar-refractivity contribution in [1.82, 2.24) is 15.5 Å². The van der Waals surface area contributed by atoms with Crippen molar-refractivity contribution in [3.63, 3.8) is 0 Å². The van der Waals surface area contributed by atoms with E-state index in [1.807, 2.05) is 6.07 Å². The number of nitrogens with one attached hydrogen (secondary N) is 2. The van der Waals surface area contributed by atoms with E-state index < -0.39 is 17.8 Å². The van der Waals surface area contributed by atoms with E-state index in [2.05, 4.69) is 10.6 Å². The number of carbonyl (C=O) groups is 2. The van der Waals surface area contributed by atoms with E-state index in [0.29, 0.717) is 0 Å². The van der Waals surface area contributed by atoms with Crippen molar-refractivity contribution in [3.8, 4) is 6.07 Å². The molecule has 2 atom stereocenters. The highest BCUT2D eigenvalue weighted by Crippen LogP contribution is 2.54. The number of hydrogen-bond acceptors (Lipinski definition) is 5. The van der Waals surface area contributed by atoms with Crippen molar-refractivity contribution >= 4 is 11.8 Å². The molecule has 0 aromatic heterocycles. The second-order valence-corrected chi connectivity index (χ2v) is 11.4. The molecule has 32 heavy (non-hydrogen) atoms. The zero-order valence-corrected chi connectivity index (χ0v) is 18.8. The van der Waals surface area contributed by atoms with Gasteiger partial charge in [-0.1, -0.05) is 0 Å². The first-order valence-corrected chi connectivity index (χ1v) is 12.3. The molecule has 0 spiro atoms. The molecule has 3 N–H and O–H groups in total. The summed E-state index contributed by atoms with van der Waals surface area (Å²) in [5.41, 5.74) is -1.08. The normalized spacial score (nSPS) is 45.0. The second kappa shape index (κ2) is 7.66. The van der Waals surface area contributed by atoms with Crippen molar-refractivity contribution in [2.75, 3.05) is 13.1 Å². The maximum atomic E-state index is 13.7. The van der Waals surface area contributed by atoms with Crippen LogP contribution in [0.2, 0.25) is 0 Å². The monoisotopic (exact) mass is 446 g/mol. The molecule has 0 aromatic carbocycles. The Morgan fingerprint density at radius 1 is 0.969 bits per heavy atom. The van der Waals surface area contributed by atoms with Gasteiger partial charge in [0.05, 0.1) is 24.8 Å². The Kier molecular flexibility index (Phi) is 5.29. The first-order valence-electron chi connectivity index (χ1n) is 12.3. The molecule has 7 rings (SSSR count). The van der Waals surface area contributed by atoms with Crippen LogP contribution in [0.15, 0.2) is 0 Å². The van der Waals surface area contributed by atoms with Gasteiger partial charge in [0.1, 0.15) is 12.2 Å². The number of alkyl halides is 1. The van der Waals surface area contributed by atoms with Gasteiger partial charge in [0, 0.05) is 22.9 Å². The van der Waals surface area contributed by atoms with Crippen molar-refractivity contribution < 1.29 is 19.1 Å². The maximum absolute atomic E-state index is 13.7. The van der Waals surface area contributed by atoms with E-state index in [-0.39, 0.29) is 47.8 Å². The Bertz CT molecular complexity index is 791. The summed E-state index contributed by atoms with van der Waals surface area (Å²) in [5, 5.41) is 26.5. The average Bonchev–Trinajstić information content (AvgIpc) is 3.21. The van der Waals surface area contributed by atoms with Crippen LogP contribution in [0.4, 0.5) is 4.39 Å². The average molecular weight is 447 g/mol. The van der Waals surface area contributed by atoms with Gasteiger partial charge in [0.2, 0.25) is 11.8 Å². The Labute approximate surface area is 189 Å². The number of nitriles is 1. The summed E-state index contributed by atoms with van der Waals surface area (Å²) in [6, 6.07) is 1.37. The van der Waals surface area contributed by atoms with E-state index in [4.69, 9.17) is 0 Å². The Morgan fingerprint density at radius 3 is 2.09 bits per heavy atom. The lowest BCUT2D eigenvalue weighted by Crippen LogP contribution is -2.64. The number of carbonyl (C=O) groups excluding carboxylic acids is 2. The van der Waals surface area contributed by atoms with Crippen LogP contribution in [0, 0.1) is 16.7 Å². The van der Waals surface area contributed by atoms with Gasteiger partial charge in [0.15, 0.2) is 0 Å². The van der Waals surface area contributed by atoms with Gasteiger partial charge in [-0.05, 0) is 77.0 Å². The third-order valence-electron chi connectivity index (χ3n) is 9.65. The fourth-order valence-corrected chi connectivity index (χ4v) is 7.07. The van der Waals surface area contributed by atoms with E-state index in [1.165, 1.54) is 4.90 Å². The van der Waals surface area contributed by atoms with Crippen molar-refractivity contribution in [2.45, 2.75) is 112 Å². The van der Waals surface area contributed by atoms with Crippen molar-refractivity contribution in [1.29, 1.82) is 5.26 Å². The summed E-state index contributed by atoms with van der Waals surface area (Å²) in [4.78, 5) is 27.4. The minimum absolute atomic E-state index is 0.00811. The lowest BCUT2D eigenvalue weighted by atomic mass is 9.56. The molecule has 4 bridgehead atoms. The maximum Gasteiger partial charge on any atom is 0.237 e. The minimum Gasteiger partial charge on any atom is -0.390 e. The van der Waals surface area contributed by atoms with Gasteiger partial charge >= 0.3 is 0 Å². The molecule has 2 unspecified atom stereocenters. The quantitative estimate of drug-likeness (QED) is 0.600. The van der Waals surface area contributed by atoms with E-state index >= 15 is 0 Å². The highest BCUT2D eigenvalue weighted by atomic mass is 19.1. The van der Waals surface area contributed by atoms with Gasteiger partial charge in [-0.15, -0.1) is 0 Å². The van der Waals surface area contributed by atoms with Crippen LogP contribution in [0.1, 0.15) is 83.5 Å². The molecular formula is C24H35FN4O3. The molecule has 2 amide bonds. The molecule has 1 saturated heterocycles. The van der Waals surface area contributed by atoms with E-state index in [1.54, 1.807) is 0 Å². The van der Waals surface area contributed by atoms with Crippen LogP contribution in [-0.4, -0.2) is 63.8 Å². The predicted octanol–water partition coefficient (Wildman–Crippen LogP) is 2.09. The fourth-order valence-electron chi connectivity index (χ4n) is 7.07. The number of amides is 2. The van der Waals surface area contributed by atoms with E-state index in [9.17, 15) is 24.3 Å². The predicted molar refractivity (Wildman–Crippen MR) is 115 cm³/mol. The summed E-state index contributed by atoms with van der Waals surface area (Å²) < 4.78 is 13.7. The van der Waals surface area contributed by atoms with Crippen LogP contribution < -0.4 is 10.6 Å². The highest BCUT2D eigenvalue weighted by molar-refractivity contribution is 5.84. The lowest BCUT2D eigenvalue weighted by Gasteiger charge is -2.55. The number of rotatable bonds is 5. The molecular weight excluding hydrogens is 411 g/mol. The van der Waals surface area contributed by atoms with Crippen LogP contribution in [0.3, 0.4) is 0 Å². The minimum atomic E-state index is -1.12. The molecule has 7 aliphatic rings. The van der Waals surface area contributed by atoms with Crippen molar-refractivity contribution in [2.24, 2.45) is 5.41 Å². The SMILES string of the molecule is N#CC1CC(F)CN1C(=O)CNC12CCC(C(=O)NC34CCC(O)(CC3)CC4)(CC1)CC2. The zero-order valence-electron chi connectivity index (χ0n) is 18.8. The smallest absolute Gasteiger partial charge is 0.237 e. The van der Waals surface area contributed by atoms with Crippen LogP contribution in [0.25, 0.3) is 0 Å². The number of likely N-dealkylation sites (tertiary alicyclic amines) is 1. The summed E-state index contributed by atoms with van der Waals surface area (Å²) in [7, 11) is 0. The number of aliphatic hydroxyl groups is 1. The van der Waals surface area contributed by atoms with Crippen LogP contribution in [0.5, 0.6) is 0 Å². The molecule has 8 heteroatoms. The summed E-state index contributed by atoms with van der Waals surface area (Å²) in [6.07, 6.45) is 8.98. The fraction of sp³-hybridized carbons (Fsp3) is 0.875. The number of hydrogen-bond donors (Lipinski definition) is 3. The van der Waals surface area contributed by atoms with E-state index in [0.717, 1.165) is 77.0 Å². The molecule has 6 aliphatic carbocycles. The summed E-state index contributed by atoms with van der Waals surface area (Å²) in [6.45, 7) is 0.129. The first-order chi connectivity index (χ1) is 15.2. The van der Waals surface area contributed by atoms with Gasteiger partial charge in [-0.3, -0.25) is 9.59 Å². The highest BCUT2D eigenvalue weighted by Gasteiger charge is 2.55. The molecule has 0 radical (unpaired) electrons. The Hall–Kier alpha value is -1.72. The standard InChI is InChI=1S/C24H35FN4O3/c25-17-13-18(14-26)29(16-17)19(30)15-27-22-4-1-21(2-5-22,3-6-22)20(31)28-23-7-10-24(32,11-8-23)12-9-23/h17-18,27,32H,1-13,15-16H2,(H,28,31). The van der Waals surface area contributed by atoms with Crippen LogP contribution >= 0.6 is 0 Å². The second-order valence-electron chi connectivity index (χ2n) is 11.4. The van der Waals surface area contributed by atoms with Gasteiger partial charge in [-0.25, -0.2) is 4.39 Å². The summed E-state index contributed by atoms with van der Waals surface area (Å²) in [5.74, 6) is -0.0167. The Balaban J connectivity index is 1.15. The number of fused-ring (bicyclic) bond motifs is 6. The molecule has 6 saturated carbocycles. The lowest BCUT2D eigenvalue weighted by molar-refractivity contribution is -0.145. The molecule has 0 aromatic rings. The topological polar surface area (TPSA) is 105 Å². The molecule has 1 aliphatic heterocycles. The third-order valence-corrected chi connectivity index (χ3v) is 9.65. The number of halogens is 1. The molecule has 1 heterocycles. The first kappa shape index (κ1) is 22.1. The van der Waals surface area contributed by atoms with Gasteiger partial charge < -0.3 is 20.6 Å². The summed E-state index contributed by atoms with van der Waals surface area (Å²) >= 11 is 0. The zero-order chi connectivity index (χ0) is 22.6. The third kappa shape index (κ3) is 3.71. The number of nitrogens with zero attached hydrogens (tertiary/aromatic N) is 2. The van der Waals surface area contributed by atoms with Gasteiger partial charge in [0.25, 0.3) is 0 Å². The van der Waals surface area contributed by atoms with Crippen molar-refractivity contribution in [3.05, 3.63) is 0 Å². The molecule has 7 nitrogen and oxygen atoms in total. The van der Waals surface area contributed by atoms with Crippen LogP contribution in [-0.2, 0) is 9.59 Å².